The Kier molecular flexibility index (Phi) is 3.34. The molecular weight excluding hydrogens is 266 g/mol. The summed E-state index contributed by atoms with van der Waals surface area (Å²) in [6.07, 6.45) is 9.42. The summed E-state index contributed by atoms with van der Waals surface area (Å²) >= 11 is 0. The highest BCUT2D eigenvalue weighted by Crippen LogP contribution is 2.45. The molecule has 4 nitrogen and oxygen atoms in total. The normalized spacial score (nSPS) is 49.8. The second-order valence-corrected chi connectivity index (χ2v) is 7.34. The predicted molar refractivity (Wildman–Crippen MR) is 78.5 cm³/mol. The van der Waals surface area contributed by atoms with Crippen LogP contribution in [-0.4, -0.2) is 46.8 Å². The molecule has 4 rings (SSSR count). The number of aliphatic hydroxyl groups is 1. The van der Waals surface area contributed by atoms with Gasteiger partial charge in [-0.25, -0.2) is 0 Å². The van der Waals surface area contributed by atoms with Crippen LogP contribution in [0, 0.1) is 17.8 Å². The van der Waals surface area contributed by atoms with Gasteiger partial charge in [0.1, 0.15) is 6.10 Å². The van der Waals surface area contributed by atoms with E-state index in [-0.39, 0.29) is 24.1 Å². The van der Waals surface area contributed by atoms with E-state index in [0.717, 1.165) is 25.8 Å². The van der Waals surface area contributed by atoms with Gasteiger partial charge in [0.2, 0.25) is 0 Å². The van der Waals surface area contributed by atoms with Crippen molar-refractivity contribution >= 4 is 5.97 Å². The molecule has 0 aromatic carbocycles. The monoisotopic (exact) mass is 291 g/mol. The van der Waals surface area contributed by atoms with Gasteiger partial charge in [-0.15, -0.1) is 0 Å². The van der Waals surface area contributed by atoms with Crippen LogP contribution in [0.4, 0.5) is 0 Å². The van der Waals surface area contributed by atoms with E-state index >= 15 is 0 Å². The molecule has 4 heteroatoms. The van der Waals surface area contributed by atoms with Crippen LogP contribution < -0.4 is 0 Å². The number of nitrogens with zero attached hydrogens (tertiary/aromatic N) is 1. The van der Waals surface area contributed by atoms with E-state index in [1.54, 1.807) is 0 Å². The molecule has 0 aromatic rings. The van der Waals surface area contributed by atoms with Gasteiger partial charge in [0.15, 0.2) is 0 Å². The molecule has 3 fully saturated rings. The minimum Gasteiger partial charge on any atom is -0.460 e. The van der Waals surface area contributed by atoms with E-state index in [4.69, 9.17) is 4.74 Å². The molecule has 0 spiro atoms. The third-order valence-electron chi connectivity index (χ3n) is 6.08. The van der Waals surface area contributed by atoms with Gasteiger partial charge >= 0.3 is 5.97 Å². The lowest BCUT2D eigenvalue weighted by atomic mass is 9.78. The van der Waals surface area contributed by atoms with Crippen LogP contribution in [0.15, 0.2) is 12.2 Å². The third kappa shape index (κ3) is 2.15. The van der Waals surface area contributed by atoms with Gasteiger partial charge in [-0.2, -0.15) is 0 Å². The Morgan fingerprint density at radius 3 is 2.90 bits per heavy atom. The Hall–Kier alpha value is -0.870. The Morgan fingerprint density at radius 1 is 1.29 bits per heavy atom. The standard InChI is InChI=1S/C17H25NO3/c1-10-8-15(21-17(10)20)13-9-11-5-6-14(19)12-4-2-3-7-18(13)16(11)12/h5-6,10-16,19H,2-4,7-9H2,1H3/t10-,11-,12+,13-,14+,15-,16-/m0/s1. The van der Waals surface area contributed by atoms with E-state index in [0.29, 0.717) is 23.9 Å². The Labute approximate surface area is 126 Å². The summed E-state index contributed by atoms with van der Waals surface area (Å²) in [5, 5.41) is 10.3. The summed E-state index contributed by atoms with van der Waals surface area (Å²) in [7, 11) is 0. The van der Waals surface area contributed by atoms with Crippen molar-refractivity contribution in [1.29, 1.82) is 0 Å². The second-order valence-electron chi connectivity index (χ2n) is 7.34. The number of carbonyl (C=O) groups is 1. The molecule has 3 saturated heterocycles. The van der Waals surface area contributed by atoms with Crippen molar-refractivity contribution in [2.24, 2.45) is 17.8 Å². The number of cyclic esters (lactones) is 1. The summed E-state index contributed by atoms with van der Waals surface area (Å²) in [5.41, 5.74) is 0. The fourth-order valence-electron chi connectivity index (χ4n) is 5.07. The fourth-order valence-corrected chi connectivity index (χ4v) is 5.07. The average molecular weight is 291 g/mol. The zero-order chi connectivity index (χ0) is 14.6. The SMILES string of the molecule is C[C@H]1C[C@@H]([C@@H]2C[C@@H]3C=C[C@@H](O)[C@H]4CCCCN2[C@H]43)OC1=O. The third-order valence-corrected chi connectivity index (χ3v) is 6.08. The van der Waals surface area contributed by atoms with Gasteiger partial charge in [0.25, 0.3) is 0 Å². The molecule has 4 aliphatic rings. The quantitative estimate of drug-likeness (QED) is 0.590. The summed E-state index contributed by atoms with van der Waals surface area (Å²) in [5.74, 6) is 0.900. The van der Waals surface area contributed by atoms with Crippen molar-refractivity contribution in [2.45, 2.75) is 63.3 Å². The van der Waals surface area contributed by atoms with Gasteiger partial charge < -0.3 is 9.84 Å². The van der Waals surface area contributed by atoms with E-state index < -0.39 is 0 Å². The van der Waals surface area contributed by atoms with Crippen molar-refractivity contribution in [1.82, 2.24) is 4.90 Å². The molecule has 0 saturated carbocycles. The van der Waals surface area contributed by atoms with Crippen LogP contribution in [0.3, 0.4) is 0 Å². The lowest BCUT2D eigenvalue weighted by Crippen LogP contribution is -2.48. The highest BCUT2D eigenvalue weighted by atomic mass is 16.6. The minimum atomic E-state index is -0.296. The van der Waals surface area contributed by atoms with Gasteiger partial charge in [-0.05, 0) is 38.1 Å². The van der Waals surface area contributed by atoms with E-state index in [2.05, 4.69) is 11.0 Å². The smallest absolute Gasteiger partial charge is 0.309 e. The lowest BCUT2D eigenvalue weighted by molar-refractivity contribution is -0.146. The maximum atomic E-state index is 11.8. The van der Waals surface area contributed by atoms with Crippen LogP contribution in [0.25, 0.3) is 0 Å². The maximum absolute atomic E-state index is 11.8. The number of hydrogen-bond donors (Lipinski definition) is 1. The zero-order valence-corrected chi connectivity index (χ0v) is 12.6. The number of hydrogen-bond acceptors (Lipinski definition) is 4. The molecule has 0 aromatic heterocycles. The number of rotatable bonds is 1. The molecule has 1 aliphatic carbocycles. The maximum Gasteiger partial charge on any atom is 0.309 e. The molecular formula is C17H25NO3. The van der Waals surface area contributed by atoms with Crippen molar-refractivity contribution in [3.8, 4) is 0 Å². The minimum absolute atomic E-state index is 0.0307. The first kappa shape index (κ1) is 13.8. The second kappa shape index (κ2) is 5.10. The highest BCUT2D eigenvalue weighted by Gasteiger charge is 2.52. The van der Waals surface area contributed by atoms with Crippen LogP contribution in [0.2, 0.25) is 0 Å². The first-order chi connectivity index (χ1) is 10.1. The van der Waals surface area contributed by atoms with Crippen LogP contribution >= 0.6 is 0 Å². The van der Waals surface area contributed by atoms with Gasteiger partial charge in [0, 0.05) is 18.0 Å². The summed E-state index contributed by atoms with van der Waals surface area (Å²) < 4.78 is 5.66. The number of aliphatic hydroxyl groups excluding tert-OH is 1. The first-order valence-corrected chi connectivity index (χ1v) is 8.48. The molecule has 0 bridgehead atoms. The molecule has 7 atom stereocenters. The average Bonchev–Trinajstić information content (AvgIpc) is 2.88. The number of carbonyl (C=O) groups excluding carboxylic acids is 1. The molecule has 3 heterocycles. The largest absolute Gasteiger partial charge is 0.460 e. The predicted octanol–water partition coefficient (Wildman–Crippen LogP) is 1.73. The van der Waals surface area contributed by atoms with Crippen molar-refractivity contribution in [3.05, 3.63) is 12.2 Å². The summed E-state index contributed by atoms with van der Waals surface area (Å²) in [4.78, 5) is 14.3. The Bertz CT molecular complexity index is 463. The molecule has 0 amide bonds. The van der Waals surface area contributed by atoms with E-state index in [9.17, 15) is 9.90 Å². The molecule has 3 aliphatic heterocycles. The first-order valence-electron chi connectivity index (χ1n) is 8.48. The van der Waals surface area contributed by atoms with Crippen LogP contribution in [0.5, 0.6) is 0 Å². The van der Waals surface area contributed by atoms with Gasteiger partial charge in [-0.3, -0.25) is 9.69 Å². The molecule has 1 N–H and O–H groups in total. The number of esters is 1. The zero-order valence-electron chi connectivity index (χ0n) is 12.6. The van der Waals surface area contributed by atoms with E-state index in [1.165, 1.54) is 12.8 Å². The molecule has 0 radical (unpaired) electrons. The summed E-state index contributed by atoms with van der Waals surface area (Å²) in [6.45, 7) is 3.06. The van der Waals surface area contributed by atoms with Crippen LogP contribution in [0.1, 0.15) is 39.0 Å². The van der Waals surface area contributed by atoms with Crippen LogP contribution in [-0.2, 0) is 9.53 Å². The molecule has 116 valence electrons. The van der Waals surface area contributed by atoms with Gasteiger partial charge in [0.05, 0.1) is 12.0 Å². The Morgan fingerprint density at radius 2 is 2.14 bits per heavy atom. The number of ether oxygens (including phenoxy) is 1. The van der Waals surface area contributed by atoms with Gasteiger partial charge in [-0.1, -0.05) is 25.5 Å². The van der Waals surface area contributed by atoms with Crippen molar-refractivity contribution < 1.29 is 14.6 Å². The van der Waals surface area contributed by atoms with E-state index in [1.807, 2.05) is 13.0 Å². The fraction of sp³-hybridized carbons (Fsp3) is 0.824. The lowest BCUT2D eigenvalue weighted by Gasteiger charge is -2.38. The highest BCUT2D eigenvalue weighted by molar-refractivity contribution is 5.74. The Balaban J connectivity index is 1.61. The molecule has 0 unspecified atom stereocenters. The van der Waals surface area contributed by atoms with Crippen molar-refractivity contribution in [3.63, 3.8) is 0 Å². The topological polar surface area (TPSA) is 49.8 Å². The molecule has 21 heavy (non-hydrogen) atoms. The summed E-state index contributed by atoms with van der Waals surface area (Å²) in [6, 6.07) is 0.802. The van der Waals surface area contributed by atoms with Crippen molar-refractivity contribution in [2.75, 3.05) is 6.54 Å².